The number of anilines is 3. The Hall–Kier alpha value is -8.00. The van der Waals surface area contributed by atoms with Crippen LogP contribution in [0.25, 0.3) is 98.0 Å². The van der Waals surface area contributed by atoms with Crippen LogP contribution in [-0.4, -0.2) is 0 Å². The monoisotopic (exact) mass is 853 g/mol. The molecular weight excluding hydrogens is 807 g/mol. The van der Waals surface area contributed by atoms with Gasteiger partial charge in [-0.15, -0.1) is 0 Å². The van der Waals surface area contributed by atoms with Gasteiger partial charge in [0, 0.05) is 27.6 Å². The fraction of sp³-hybridized carbons (Fsp3) is 0.0909. The van der Waals surface area contributed by atoms with E-state index in [9.17, 15) is 0 Å². The van der Waals surface area contributed by atoms with Crippen LogP contribution in [0.2, 0.25) is 0 Å². The molecule has 12 aromatic carbocycles. The smallest absolute Gasteiger partial charge is 0.0543 e. The minimum Gasteiger partial charge on any atom is -0.310 e. The van der Waals surface area contributed by atoms with Crippen molar-refractivity contribution >= 4 is 81.7 Å². The van der Waals surface area contributed by atoms with Gasteiger partial charge in [-0.2, -0.15) is 0 Å². The fourth-order valence-corrected chi connectivity index (χ4v) is 12.7. The van der Waals surface area contributed by atoms with Gasteiger partial charge in [-0.25, -0.2) is 0 Å². The number of fused-ring (bicyclic) bond motifs is 19. The zero-order chi connectivity index (χ0) is 44.8. The molecule has 0 aromatic heterocycles. The van der Waals surface area contributed by atoms with Crippen molar-refractivity contribution in [2.45, 2.75) is 38.5 Å². The molecule has 0 atom stereocenters. The molecule has 1 nitrogen and oxygen atoms in total. The number of rotatable bonds is 4. The Bertz CT molecular complexity index is 4100. The highest BCUT2D eigenvalue weighted by molar-refractivity contribution is 6.23. The van der Waals surface area contributed by atoms with E-state index >= 15 is 0 Å². The van der Waals surface area contributed by atoms with E-state index in [1.165, 1.54) is 126 Å². The minimum absolute atomic E-state index is 0.201. The number of hydrogen-bond acceptors (Lipinski definition) is 1. The fourth-order valence-electron chi connectivity index (χ4n) is 12.7. The second kappa shape index (κ2) is 13.8. The zero-order valence-corrected chi connectivity index (χ0v) is 38.2. The summed E-state index contributed by atoms with van der Waals surface area (Å²) in [6.45, 7) is 9.75. The molecule has 0 aliphatic heterocycles. The molecule has 316 valence electrons. The highest BCUT2D eigenvalue weighted by Gasteiger charge is 2.41. The maximum Gasteiger partial charge on any atom is 0.0543 e. The lowest BCUT2D eigenvalue weighted by molar-refractivity contribution is 0.667. The van der Waals surface area contributed by atoms with E-state index < -0.39 is 0 Å². The molecule has 0 unspecified atom stereocenters. The van der Waals surface area contributed by atoms with Crippen molar-refractivity contribution in [1.29, 1.82) is 0 Å². The van der Waals surface area contributed by atoms with E-state index in [-0.39, 0.29) is 10.8 Å². The van der Waals surface area contributed by atoms with E-state index in [4.69, 9.17) is 0 Å². The standard InChI is InChI=1S/C66H47N/c1-65(2)57-38-43-36-45(34-33-42(43)37-56(57)60-51-28-13-8-23-46(51)48-25-10-16-31-54(48)63(60)65)67(44-22-18-21-41(35-44)40-19-6-5-7-20-40)59-39-58-61(53-30-15-12-27-50(53)59)62-52-29-14-9-24-47(52)49-26-11-17-32-55(49)64(62)66(58,3)4/h5-39H,1-4H3. The topological polar surface area (TPSA) is 3.24 Å². The lowest BCUT2D eigenvalue weighted by Crippen LogP contribution is -2.17. The van der Waals surface area contributed by atoms with Crippen LogP contribution in [0.15, 0.2) is 212 Å². The molecule has 0 spiro atoms. The van der Waals surface area contributed by atoms with Crippen molar-refractivity contribution in [2.24, 2.45) is 0 Å². The quantitative estimate of drug-likeness (QED) is 0.159. The highest BCUT2D eigenvalue weighted by Crippen LogP contribution is 2.59. The van der Waals surface area contributed by atoms with Crippen LogP contribution in [-0.2, 0) is 10.8 Å². The summed E-state index contributed by atoms with van der Waals surface area (Å²) in [4.78, 5) is 2.54. The SMILES string of the molecule is CC1(C)c2cc3cc(N(c4cccc(-c5ccccc5)c4)c4cc5c(c6ccccc46)-c4c(c6ccccc6c6ccccc46)C5(C)C)ccc3cc2-c2c1c1ccccc1c1ccccc21. The van der Waals surface area contributed by atoms with Crippen LogP contribution in [0.4, 0.5) is 17.1 Å². The Balaban J connectivity index is 1.03. The van der Waals surface area contributed by atoms with Crippen molar-refractivity contribution in [2.75, 3.05) is 4.90 Å². The van der Waals surface area contributed by atoms with Crippen LogP contribution < -0.4 is 4.90 Å². The van der Waals surface area contributed by atoms with Gasteiger partial charge in [0.2, 0.25) is 0 Å². The Morgan fingerprint density at radius 3 is 1.42 bits per heavy atom. The summed E-state index contributed by atoms with van der Waals surface area (Å²) in [6, 6.07) is 79.9. The Labute approximate surface area is 391 Å². The van der Waals surface area contributed by atoms with Crippen molar-refractivity contribution < 1.29 is 0 Å². The van der Waals surface area contributed by atoms with Gasteiger partial charge in [-0.3, -0.25) is 0 Å². The first-order chi connectivity index (χ1) is 32.8. The summed E-state index contributed by atoms with van der Waals surface area (Å²) >= 11 is 0. The molecule has 1 heteroatoms. The predicted octanol–water partition coefficient (Wildman–Crippen LogP) is 18.4. The molecule has 0 N–H and O–H groups in total. The molecule has 67 heavy (non-hydrogen) atoms. The molecule has 0 bridgehead atoms. The van der Waals surface area contributed by atoms with E-state index in [1.54, 1.807) is 0 Å². The van der Waals surface area contributed by atoms with Gasteiger partial charge in [-0.1, -0.05) is 198 Å². The molecular formula is C66H47N. The Kier molecular flexibility index (Phi) is 7.87. The first kappa shape index (κ1) is 38.3. The number of nitrogens with zero attached hydrogens (tertiary/aromatic N) is 1. The molecule has 0 heterocycles. The summed E-state index contributed by atoms with van der Waals surface area (Å²) < 4.78 is 0. The first-order valence-electron chi connectivity index (χ1n) is 23.8. The largest absolute Gasteiger partial charge is 0.310 e. The normalized spacial score (nSPS) is 14.2. The van der Waals surface area contributed by atoms with Gasteiger partial charge in [0.15, 0.2) is 0 Å². The maximum atomic E-state index is 2.54. The summed E-state index contributed by atoms with van der Waals surface area (Å²) in [5, 5.41) is 15.6. The van der Waals surface area contributed by atoms with Crippen LogP contribution in [0, 0.1) is 0 Å². The summed E-state index contributed by atoms with van der Waals surface area (Å²) in [5.41, 5.74) is 16.4. The average Bonchev–Trinajstić information content (AvgIpc) is 3.76. The minimum atomic E-state index is -0.274. The summed E-state index contributed by atoms with van der Waals surface area (Å²) in [5.74, 6) is 0. The van der Waals surface area contributed by atoms with Crippen molar-refractivity contribution in [3.8, 4) is 33.4 Å². The second-order valence-corrected chi connectivity index (χ2v) is 20.0. The first-order valence-corrected chi connectivity index (χ1v) is 23.8. The third-order valence-corrected chi connectivity index (χ3v) is 15.7. The van der Waals surface area contributed by atoms with Crippen molar-refractivity contribution in [1.82, 2.24) is 0 Å². The Morgan fingerprint density at radius 1 is 0.299 bits per heavy atom. The van der Waals surface area contributed by atoms with Crippen LogP contribution in [0.1, 0.15) is 49.9 Å². The van der Waals surface area contributed by atoms with Gasteiger partial charge in [-0.05, 0) is 157 Å². The van der Waals surface area contributed by atoms with Gasteiger partial charge < -0.3 is 4.90 Å². The number of hydrogen-bond donors (Lipinski definition) is 0. The lowest BCUT2D eigenvalue weighted by Gasteiger charge is -2.30. The molecule has 2 aliphatic carbocycles. The van der Waals surface area contributed by atoms with Gasteiger partial charge >= 0.3 is 0 Å². The third kappa shape index (κ3) is 5.26. The van der Waals surface area contributed by atoms with Crippen molar-refractivity contribution in [3.05, 3.63) is 235 Å². The van der Waals surface area contributed by atoms with Crippen LogP contribution in [0.3, 0.4) is 0 Å². The molecule has 0 radical (unpaired) electrons. The van der Waals surface area contributed by atoms with Crippen LogP contribution >= 0.6 is 0 Å². The lowest BCUT2D eigenvalue weighted by atomic mass is 9.79. The average molecular weight is 854 g/mol. The zero-order valence-electron chi connectivity index (χ0n) is 38.2. The Morgan fingerprint density at radius 2 is 0.776 bits per heavy atom. The van der Waals surface area contributed by atoms with Crippen molar-refractivity contribution in [3.63, 3.8) is 0 Å². The molecule has 12 aromatic rings. The summed E-state index contributed by atoms with van der Waals surface area (Å²) in [7, 11) is 0. The van der Waals surface area contributed by atoms with Gasteiger partial charge in [0.1, 0.15) is 0 Å². The predicted molar refractivity (Wildman–Crippen MR) is 287 cm³/mol. The maximum absolute atomic E-state index is 2.54. The molecule has 0 fully saturated rings. The molecule has 0 saturated heterocycles. The highest BCUT2D eigenvalue weighted by atomic mass is 15.1. The van der Waals surface area contributed by atoms with E-state index in [2.05, 4.69) is 245 Å². The van der Waals surface area contributed by atoms with E-state index in [0.29, 0.717) is 0 Å². The summed E-state index contributed by atoms with van der Waals surface area (Å²) in [6.07, 6.45) is 0. The van der Waals surface area contributed by atoms with E-state index in [1.807, 2.05) is 0 Å². The second-order valence-electron chi connectivity index (χ2n) is 20.0. The third-order valence-electron chi connectivity index (χ3n) is 15.7. The molecule has 14 rings (SSSR count). The van der Waals surface area contributed by atoms with Gasteiger partial charge in [0.25, 0.3) is 0 Å². The molecule has 0 amide bonds. The molecule has 2 aliphatic rings. The number of benzene rings is 12. The van der Waals surface area contributed by atoms with Gasteiger partial charge in [0.05, 0.1) is 5.69 Å². The molecule has 0 saturated carbocycles. The van der Waals surface area contributed by atoms with Crippen LogP contribution in [0.5, 0.6) is 0 Å². The van der Waals surface area contributed by atoms with E-state index in [0.717, 1.165) is 11.4 Å².